The Hall–Kier alpha value is -13.1. The minimum atomic E-state index is -3.91. The molecule has 28 nitrogen and oxygen atoms in total. The number of nitrogens with one attached hydrogen (secondary N) is 1. The number of sulfonamides is 2. The van der Waals surface area contributed by atoms with E-state index in [9.17, 15) is 56.9 Å². The number of nitrogens with zero attached hydrogens (tertiary/aromatic N) is 13. The molecule has 0 radical (unpaired) electrons. The lowest BCUT2D eigenvalue weighted by Gasteiger charge is -2.37. The maximum Gasteiger partial charge on any atom is 0.338 e. The lowest BCUT2D eigenvalue weighted by Crippen LogP contribution is -2.49. The number of carbonyl (C=O) groups excluding carboxylic acids is 3. The highest BCUT2D eigenvalue weighted by Crippen LogP contribution is 2.38. The summed E-state index contributed by atoms with van der Waals surface area (Å²) >= 11 is 3.45. The van der Waals surface area contributed by atoms with Gasteiger partial charge in [-0.15, -0.1) is 0 Å². The van der Waals surface area contributed by atoms with Gasteiger partial charge in [0.2, 0.25) is 20.0 Å². The van der Waals surface area contributed by atoms with E-state index in [2.05, 4.69) is 115 Å². The number of nitriles is 4. The van der Waals surface area contributed by atoms with Gasteiger partial charge in [0.05, 0.1) is 75.9 Å². The number of amides is 1. The Balaban J connectivity index is 0.000000170. The molecule has 6 saturated heterocycles. The number of para-hydroxylation sites is 4. The van der Waals surface area contributed by atoms with Crippen LogP contribution >= 0.6 is 15.9 Å². The predicted octanol–water partition coefficient (Wildman–Crippen LogP) is 17.1. The van der Waals surface area contributed by atoms with Crippen LogP contribution in [0.5, 0.6) is 0 Å². The van der Waals surface area contributed by atoms with Crippen LogP contribution < -0.4 is 50.7 Å². The molecule has 0 aliphatic carbocycles. The molecule has 16 rings (SSSR count). The summed E-state index contributed by atoms with van der Waals surface area (Å²) in [7, 11) is -4.78. The molecule has 8 heterocycles. The van der Waals surface area contributed by atoms with Gasteiger partial charge in [-0.3, -0.25) is 4.79 Å². The molecule has 8 aromatic carbocycles. The van der Waals surface area contributed by atoms with Crippen molar-refractivity contribution >= 4 is 94.2 Å². The summed E-state index contributed by atoms with van der Waals surface area (Å²) in [6, 6.07) is 54.9. The van der Waals surface area contributed by atoms with Crippen molar-refractivity contribution in [2.45, 2.75) is 170 Å². The molecule has 6 fully saturated rings. The molecule has 0 unspecified atom stereocenters. The maximum absolute atomic E-state index is 13.9. The van der Waals surface area contributed by atoms with Crippen LogP contribution in [0.4, 0.5) is 34.4 Å². The molecule has 748 valence electrons. The summed E-state index contributed by atoms with van der Waals surface area (Å²) in [6.45, 7) is 36.6. The average Bonchev–Trinajstić information content (AvgIpc) is 0.741. The Kier molecular flexibility index (Phi) is 38.9. The number of carbonyl (C=O) groups is 4. The summed E-state index contributed by atoms with van der Waals surface area (Å²) in [6.07, 6.45) is 14.3. The molecule has 1 amide bonds. The number of aromatic carboxylic acids is 1. The van der Waals surface area contributed by atoms with E-state index < -0.39 is 26.0 Å². The zero-order valence-electron chi connectivity index (χ0n) is 84.2. The number of rotatable bonds is 18. The van der Waals surface area contributed by atoms with E-state index in [0.29, 0.717) is 78.3 Å². The maximum atomic E-state index is 13.9. The summed E-state index contributed by atoms with van der Waals surface area (Å²) < 4.78 is 57.6. The van der Waals surface area contributed by atoms with Crippen molar-refractivity contribution in [1.29, 1.82) is 21.0 Å². The van der Waals surface area contributed by atoms with E-state index in [1.165, 1.54) is 59.7 Å². The Morgan fingerprint density at radius 2 is 0.690 bits per heavy atom. The molecule has 0 bridgehead atoms. The lowest BCUT2D eigenvalue weighted by atomic mass is 9.83. The van der Waals surface area contributed by atoms with E-state index in [0.717, 1.165) is 254 Å². The SMILES string of the molecule is COC(=O)c1c(C)cc(C)c(Br)c1C.COC(=O)c1c(C)cc(C)c(CC2CCN(c3ccccc3C#N)CC2)c1C.Cc1cc(C)c(C(=O)N2CCN(c3ncccc3S(N)(=O)=O)CC2)c(C)c1CC1CCN(c2ccccc2C#N)CC1.Cc1cc(C)c(C(=O)O)c(C)c1CC1CCN(c2ccccc2C#N)CC1.N#Cc1ccccc1N1CCC(N)CC1.NS(=O)(=O)c1cccnc1N1CCNCC1. The van der Waals surface area contributed by atoms with E-state index in [1.807, 2.05) is 179 Å². The molecule has 10 aromatic rings. The highest BCUT2D eigenvalue weighted by molar-refractivity contribution is 9.10. The summed E-state index contributed by atoms with van der Waals surface area (Å²) in [5, 5.41) is 60.5. The van der Waals surface area contributed by atoms with E-state index >= 15 is 0 Å². The number of anilines is 6. The fourth-order valence-corrected chi connectivity index (χ4v) is 22.4. The van der Waals surface area contributed by atoms with Gasteiger partial charge in [-0.2, -0.15) is 21.0 Å². The first kappa shape index (κ1) is 109. The number of aryl methyl sites for hydroxylation is 8. The van der Waals surface area contributed by atoms with Crippen LogP contribution in [0.15, 0.2) is 172 Å². The van der Waals surface area contributed by atoms with Gasteiger partial charge in [-0.1, -0.05) is 88.7 Å². The summed E-state index contributed by atoms with van der Waals surface area (Å²) in [5.74, 6) is 1.06. The number of nitrogens with two attached hydrogens (primary N) is 3. The molecular formula is C111H134BrN17O11S2. The fraction of sp³-hybridized carbons (Fsp3) is 0.405. The first-order valence-electron chi connectivity index (χ1n) is 48.5. The molecule has 2 aromatic heterocycles. The zero-order chi connectivity index (χ0) is 103. The number of pyridine rings is 2. The molecule has 0 spiro atoms. The average molecular weight is 2030 g/mol. The van der Waals surface area contributed by atoms with Crippen LogP contribution in [0.3, 0.4) is 0 Å². The third-order valence-electron chi connectivity index (χ3n) is 28.2. The minimum absolute atomic E-state index is 0.000234. The standard InChI is InChI=1S/C32H38N6O3S.C24H28N2O2.C23H26N2O2.C12H15N3.C11H13BrO2.C9H14N4O2S/c1-22-19-23(2)30(32(39)38-17-15-37(16-18-38)31-29(42(34,40)41)9-6-12-35-31)24(3)27(22)20-25-10-13-36(14-11-25)28-8-5-4-7-26(28)21-33;1-16-13-17(2)23(24(27)28-4)18(3)21(16)14-19-9-11-26(12-10-19)22-8-6-5-7-20(22)15-25;1-15-12-16(2)22(23(26)27)17(3)20(15)13-18-8-10-25(11-9-18)21-7-5-4-6-19(21)14-24;13-9-10-3-1-2-4-12(10)15-7-5-11(14)6-8-15;1-6-5-7(2)10(12)8(3)9(6)11(13)14-4;10-16(14,15)8-2-1-3-12-9(8)13-6-4-11-5-7-13/h4-9,12,19,25H,10-11,13-18,20H2,1-3H3,(H2,34,40,41);5-8,13,19H,9-12,14H2,1-4H3;4-7,12,18H,8-11,13H2,1-3H3,(H,26,27);1-4,11H,5-8,14H2;5H,1-4H3;1-3,11H,4-7H2,(H2,10,14,15). The Labute approximate surface area is 846 Å². The number of hydrogen-bond donors (Lipinski definition) is 5. The number of piperidine rings is 4. The van der Waals surface area contributed by atoms with Gasteiger partial charge in [0.1, 0.15) is 45.7 Å². The van der Waals surface area contributed by atoms with Crippen molar-refractivity contribution in [2.75, 3.05) is 148 Å². The second kappa shape index (κ2) is 50.5. The summed E-state index contributed by atoms with van der Waals surface area (Å²) in [4.78, 5) is 72.5. The van der Waals surface area contributed by atoms with Gasteiger partial charge in [-0.05, 0) is 328 Å². The van der Waals surface area contributed by atoms with Gasteiger partial charge in [0.15, 0.2) is 0 Å². The topological polar surface area (TPSA) is 409 Å². The molecule has 31 heteroatoms. The summed E-state index contributed by atoms with van der Waals surface area (Å²) in [5.41, 5.74) is 31.7. The third-order valence-corrected chi connectivity index (χ3v) is 31.3. The number of piperazine rings is 2. The predicted molar refractivity (Wildman–Crippen MR) is 564 cm³/mol. The van der Waals surface area contributed by atoms with Crippen molar-refractivity contribution in [3.63, 3.8) is 0 Å². The van der Waals surface area contributed by atoms with Crippen molar-refractivity contribution < 1.29 is 50.6 Å². The number of ether oxygens (including phenoxy) is 2. The number of methoxy groups -OCH3 is 2. The second-order valence-electron chi connectivity index (χ2n) is 37.6. The number of benzene rings is 8. The quantitative estimate of drug-likeness (QED) is 0.0498. The molecule has 142 heavy (non-hydrogen) atoms. The van der Waals surface area contributed by atoms with Gasteiger partial charge >= 0.3 is 17.9 Å². The highest BCUT2D eigenvalue weighted by atomic mass is 79.9. The molecule has 0 atom stereocenters. The van der Waals surface area contributed by atoms with Crippen molar-refractivity contribution in [2.24, 2.45) is 33.8 Å². The van der Waals surface area contributed by atoms with Crippen molar-refractivity contribution in [3.8, 4) is 24.3 Å². The van der Waals surface area contributed by atoms with Gasteiger partial charge in [0.25, 0.3) is 5.91 Å². The van der Waals surface area contributed by atoms with Crippen LogP contribution in [0, 0.1) is 146 Å². The normalized spacial score (nSPS) is 15.4. The molecule has 0 saturated carbocycles. The fourth-order valence-electron chi connectivity index (χ4n) is 20.6. The largest absolute Gasteiger partial charge is 0.478 e. The zero-order valence-corrected chi connectivity index (χ0v) is 87.4. The van der Waals surface area contributed by atoms with E-state index in [-0.39, 0.29) is 27.6 Å². The monoisotopic (exact) mass is 2020 g/mol. The first-order valence-corrected chi connectivity index (χ1v) is 52.4. The Morgan fingerprint density at radius 3 is 1.02 bits per heavy atom. The second-order valence-corrected chi connectivity index (χ2v) is 41.4. The van der Waals surface area contributed by atoms with Crippen LogP contribution in [0.2, 0.25) is 0 Å². The van der Waals surface area contributed by atoms with Crippen LogP contribution in [-0.2, 0) is 48.8 Å². The third kappa shape index (κ3) is 27.4. The first-order chi connectivity index (χ1) is 67.8. The molecule has 8 N–H and O–H groups in total. The van der Waals surface area contributed by atoms with Gasteiger partial charge in [-0.25, -0.2) is 51.5 Å². The minimum Gasteiger partial charge on any atom is -0.478 e. The Bertz CT molecular complexity index is 6620. The highest BCUT2D eigenvalue weighted by Gasteiger charge is 2.34. The number of aromatic nitrogens is 2. The lowest BCUT2D eigenvalue weighted by molar-refractivity contribution is 0.0589. The molecule has 6 aliphatic rings. The van der Waals surface area contributed by atoms with Crippen LogP contribution in [-0.4, -0.2) is 186 Å². The number of carboxylic acid groups (broad SMARTS) is 1. The van der Waals surface area contributed by atoms with E-state index in [1.54, 1.807) is 24.5 Å². The smallest absolute Gasteiger partial charge is 0.338 e. The Morgan fingerprint density at radius 1 is 0.394 bits per heavy atom. The van der Waals surface area contributed by atoms with Gasteiger partial charge in [0, 0.05) is 133 Å². The number of esters is 2. The van der Waals surface area contributed by atoms with E-state index in [4.69, 9.17) is 30.7 Å². The van der Waals surface area contributed by atoms with Gasteiger partial charge < -0.3 is 59.9 Å². The van der Waals surface area contributed by atoms with Crippen molar-refractivity contribution in [3.05, 3.63) is 290 Å². The molecule has 6 aliphatic heterocycles. The van der Waals surface area contributed by atoms with Crippen molar-refractivity contribution in [1.82, 2.24) is 20.2 Å². The number of hydrogen-bond acceptors (Lipinski definition) is 24. The van der Waals surface area contributed by atoms with Crippen LogP contribution in [0.1, 0.15) is 199 Å². The number of primary sulfonamides is 2. The molecular weight excluding hydrogens is 1890 g/mol. The van der Waals surface area contributed by atoms with Crippen LogP contribution in [0.25, 0.3) is 0 Å². The number of carboxylic acids is 1. The number of halogens is 1.